The molecule has 1 saturated carbocycles. The Balaban J connectivity index is 2.28. The molecule has 1 rings (SSSR count). The first-order valence-corrected chi connectivity index (χ1v) is 8.40. The SMILES string of the molecule is CC(CS(C)(=O)=O)NC(=O)CC1CCCCC1. The fourth-order valence-corrected chi connectivity index (χ4v) is 3.47. The van der Waals surface area contributed by atoms with Crippen molar-refractivity contribution >= 4 is 15.7 Å². The van der Waals surface area contributed by atoms with Crippen molar-refractivity contribution in [1.29, 1.82) is 0 Å². The summed E-state index contributed by atoms with van der Waals surface area (Å²) in [4.78, 5) is 11.7. The lowest BCUT2D eigenvalue weighted by atomic mass is 9.87. The first-order valence-electron chi connectivity index (χ1n) is 6.34. The molecule has 1 atom stereocenters. The van der Waals surface area contributed by atoms with Gasteiger partial charge in [0.05, 0.1) is 5.75 Å². The van der Waals surface area contributed by atoms with E-state index >= 15 is 0 Å². The third kappa shape index (κ3) is 6.66. The van der Waals surface area contributed by atoms with E-state index in [-0.39, 0.29) is 17.7 Å². The fourth-order valence-electron chi connectivity index (χ4n) is 2.48. The number of sulfone groups is 1. The topological polar surface area (TPSA) is 63.2 Å². The Labute approximate surface area is 104 Å². The predicted octanol–water partition coefficient (Wildman–Crippen LogP) is 1.51. The zero-order chi connectivity index (χ0) is 12.9. The third-order valence-corrected chi connectivity index (χ3v) is 4.26. The Kier molecular flexibility index (Phi) is 5.43. The van der Waals surface area contributed by atoms with Crippen LogP contribution in [0.1, 0.15) is 45.4 Å². The Hall–Kier alpha value is -0.580. The standard InChI is InChI=1S/C12H23NO3S/c1-10(9-17(2,15)16)13-12(14)8-11-6-4-3-5-7-11/h10-11H,3-9H2,1-2H3,(H,13,14). The minimum absolute atomic E-state index is 0.00644. The molecule has 5 heteroatoms. The van der Waals surface area contributed by atoms with Gasteiger partial charge in [-0.3, -0.25) is 4.79 Å². The number of carbonyl (C=O) groups excluding carboxylic acids is 1. The summed E-state index contributed by atoms with van der Waals surface area (Å²) in [6.07, 6.45) is 7.73. The van der Waals surface area contributed by atoms with Gasteiger partial charge in [0.1, 0.15) is 9.84 Å². The second-order valence-corrected chi connectivity index (χ2v) is 7.45. The quantitative estimate of drug-likeness (QED) is 0.816. The van der Waals surface area contributed by atoms with Crippen LogP contribution in [0.5, 0.6) is 0 Å². The minimum Gasteiger partial charge on any atom is -0.353 e. The molecular weight excluding hydrogens is 238 g/mol. The molecule has 0 saturated heterocycles. The summed E-state index contributed by atoms with van der Waals surface area (Å²) in [6, 6.07) is -0.291. The van der Waals surface area contributed by atoms with Gasteiger partial charge in [-0.15, -0.1) is 0 Å². The van der Waals surface area contributed by atoms with Crippen LogP contribution in [0.25, 0.3) is 0 Å². The molecular formula is C12H23NO3S. The molecule has 0 bridgehead atoms. The molecule has 1 aliphatic carbocycles. The molecule has 0 radical (unpaired) electrons. The summed E-state index contributed by atoms with van der Waals surface area (Å²) >= 11 is 0. The first kappa shape index (κ1) is 14.5. The Morgan fingerprint density at radius 2 is 1.88 bits per heavy atom. The monoisotopic (exact) mass is 261 g/mol. The smallest absolute Gasteiger partial charge is 0.220 e. The van der Waals surface area contributed by atoms with Gasteiger partial charge in [-0.2, -0.15) is 0 Å². The Bertz CT molecular complexity index is 345. The van der Waals surface area contributed by atoms with E-state index in [0.717, 1.165) is 12.8 Å². The average Bonchev–Trinajstić information content (AvgIpc) is 2.15. The van der Waals surface area contributed by atoms with Crippen LogP contribution in [-0.4, -0.2) is 32.4 Å². The number of amides is 1. The molecule has 1 fully saturated rings. The first-order chi connectivity index (χ1) is 7.87. The normalized spacial score (nSPS) is 19.9. The fraction of sp³-hybridized carbons (Fsp3) is 0.917. The molecule has 0 spiro atoms. The lowest BCUT2D eigenvalue weighted by Gasteiger charge is -2.22. The average molecular weight is 261 g/mol. The van der Waals surface area contributed by atoms with Crippen LogP contribution in [0.15, 0.2) is 0 Å². The van der Waals surface area contributed by atoms with Gasteiger partial charge in [0.25, 0.3) is 0 Å². The second-order valence-electron chi connectivity index (χ2n) is 5.27. The highest BCUT2D eigenvalue weighted by Gasteiger charge is 2.19. The van der Waals surface area contributed by atoms with Crippen molar-refractivity contribution in [2.45, 2.75) is 51.5 Å². The van der Waals surface area contributed by atoms with E-state index in [1.165, 1.54) is 25.5 Å². The van der Waals surface area contributed by atoms with Crippen LogP contribution in [-0.2, 0) is 14.6 Å². The lowest BCUT2D eigenvalue weighted by molar-refractivity contribution is -0.122. The molecule has 1 unspecified atom stereocenters. The zero-order valence-electron chi connectivity index (χ0n) is 10.7. The predicted molar refractivity (Wildman–Crippen MR) is 68.5 cm³/mol. The van der Waals surface area contributed by atoms with Crippen molar-refractivity contribution < 1.29 is 13.2 Å². The molecule has 0 aromatic carbocycles. The van der Waals surface area contributed by atoms with Crippen molar-refractivity contribution in [2.24, 2.45) is 5.92 Å². The highest BCUT2D eigenvalue weighted by Crippen LogP contribution is 2.26. The minimum atomic E-state index is -3.02. The van der Waals surface area contributed by atoms with Gasteiger partial charge in [0.2, 0.25) is 5.91 Å². The van der Waals surface area contributed by atoms with Crippen LogP contribution in [0, 0.1) is 5.92 Å². The summed E-state index contributed by atoms with van der Waals surface area (Å²) in [5, 5.41) is 2.77. The van der Waals surface area contributed by atoms with Gasteiger partial charge in [0, 0.05) is 18.7 Å². The second kappa shape index (κ2) is 6.38. The van der Waals surface area contributed by atoms with E-state index in [1.807, 2.05) is 0 Å². The van der Waals surface area contributed by atoms with Gasteiger partial charge in [0.15, 0.2) is 0 Å². The molecule has 1 N–H and O–H groups in total. The zero-order valence-corrected chi connectivity index (χ0v) is 11.6. The Morgan fingerprint density at radius 3 is 2.41 bits per heavy atom. The number of hydrogen-bond acceptors (Lipinski definition) is 3. The summed E-state index contributed by atoms with van der Waals surface area (Å²) < 4.78 is 22.1. The van der Waals surface area contributed by atoms with E-state index in [9.17, 15) is 13.2 Å². The molecule has 1 aliphatic rings. The molecule has 17 heavy (non-hydrogen) atoms. The summed E-state index contributed by atoms with van der Waals surface area (Å²) in [6.45, 7) is 1.74. The summed E-state index contributed by atoms with van der Waals surface area (Å²) in [7, 11) is -3.02. The summed E-state index contributed by atoms with van der Waals surface area (Å²) in [5.74, 6) is 0.505. The molecule has 0 heterocycles. The van der Waals surface area contributed by atoms with Crippen molar-refractivity contribution in [2.75, 3.05) is 12.0 Å². The van der Waals surface area contributed by atoms with Gasteiger partial charge >= 0.3 is 0 Å². The maximum Gasteiger partial charge on any atom is 0.220 e. The number of carbonyl (C=O) groups is 1. The van der Waals surface area contributed by atoms with Gasteiger partial charge in [-0.1, -0.05) is 19.3 Å². The van der Waals surface area contributed by atoms with Crippen LogP contribution in [0.3, 0.4) is 0 Å². The van der Waals surface area contributed by atoms with Crippen molar-refractivity contribution in [1.82, 2.24) is 5.32 Å². The van der Waals surface area contributed by atoms with E-state index < -0.39 is 9.84 Å². The van der Waals surface area contributed by atoms with Gasteiger partial charge < -0.3 is 5.32 Å². The van der Waals surface area contributed by atoms with E-state index in [2.05, 4.69) is 5.32 Å². The van der Waals surface area contributed by atoms with Crippen molar-refractivity contribution in [3.63, 3.8) is 0 Å². The molecule has 0 aliphatic heterocycles. The van der Waals surface area contributed by atoms with E-state index in [1.54, 1.807) is 6.92 Å². The molecule has 0 aromatic heterocycles. The molecule has 100 valence electrons. The van der Waals surface area contributed by atoms with Crippen LogP contribution < -0.4 is 5.32 Å². The number of nitrogens with one attached hydrogen (secondary N) is 1. The highest BCUT2D eigenvalue weighted by atomic mass is 32.2. The van der Waals surface area contributed by atoms with Gasteiger partial charge in [-0.05, 0) is 25.7 Å². The maximum absolute atomic E-state index is 11.7. The molecule has 0 aromatic rings. The Morgan fingerprint density at radius 1 is 1.29 bits per heavy atom. The largest absolute Gasteiger partial charge is 0.353 e. The van der Waals surface area contributed by atoms with E-state index in [4.69, 9.17) is 0 Å². The number of rotatable bonds is 5. The highest BCUT2D eigenvalue weighted by molar-refractivity contribution is 7.90. The number of hydrogen-bond donors (Lipinski definition) is 1. The van der Waals surface area contributed by atoms with Crippen molar-refractivity contribution in [3.8, 4) is 0 Å². The molecule has 4 nitrogen and oxygen atoms in total. The van der Waals surface area contributed by atoms with Crippen LogP contribution >= 0.6 is 0 Å². The van der Waals surface area contributed by atoms with Crippen LogP contribution in [0.4, 0.5) is 0 Å². The maximum atomic E-state index is 11.7. The van der Waals surface area contributed by atoms with Crippen LogP contribution in [0.2, 0.25) is 0 Å². The van der Waals surface area contributed by atoms with Gasteiger partial charge in [-0.25, -0.2) is 8.42 Å². The van der Waals surface area contributed by atoms with Crippen molar-refractivity contribution in [3.05, 3.63) is 0 Å². The van der Waals surface area contributed by atoms with E-state index in [0.29, 0.717) is 12.3 Å². The lowest BCUT2D eigenvalue weighted by Crippen LogP contribution is -2.38. The third-order valence-electron chi connectivity index (χ3n) is 3.16. The molecule has 1 amide bonds. The summed E-state index contributed by atoms with van der Waals surface area (Å²) in [5.41, 5.74) is 0.